The second-order valence-corrected chi connectivity index (χ2v) is 7.01. The first-order chi connectivity index (χ1) is 14.2. The van der Waals surface area contributed by atoms with Crippen molar-refractivity contribution in [3.63, 3.8) is 0 Å². The first kappa shape index (κ1) is 21.8. The number of carbonyl (C=O) groups is 1. The van der Waals surface area contributed by atoms with Gasteiger partial charge in [-0.3, -0.25) is 4.79 Å². The summed E-state index contributed by atoms with van der Waals surface area (Å²) in [5.41, 5.74) is 0.815. The Balaban J connectivity index is 2.26. The summed E-state index contributed by atoms with van der Waals surface area (Å²) in [5, 5.41) is 17.0. The molecule has 3 rings (SSSR count). The number of fused-ring (bicyclic) bond motifs is 1. The molecule has 1 unspecified atom stereocenters. The van der Waals surface area contributed by atoms with E-state index in [4.69, 9.17) is 4.74 Å². The summed E-state index contributed by atoms with van der Waals surface area (Å²) >= 11 is 0. The van der Waals surface area contributed by atoms with Crippen molar-refractivity contribution in [2.75, 3.05) is 6.61 Å². The van der Waals surface area contributed by atoms with Crippen LogP contribution in [0.3, 0.4) is 0 Å². The van der Waals surface area contributed by atoms with Gasteiger partial charge in [-0.2, -0.15) is 13.2 Å². The average Bonchev–Trinajstić information content (AvgIpc) is 3.06. The lowest BCUT2D eigenvalue weighted by Gasteiger charge is -2.23. The number of carbonyl (C=O) groups excluding carboxylic acids is 1. The molecule has 30 heavy (non-hydrogen) atoms. The van der Waals surface area contributed by atoms with Crippen molar-refractivity contribution in [3.8, 4) is 0 Å². The molecule has 3 aromatic rings. The highest BCUT2D eigenvalue weighted by molar-refractivity contribution is 5.81. The summed E-state index contributed by atoms with van der Waals surface area (Å²) in [4.78, 5) is 12.3. The molecule has 1 heterocycles. The highest BCUT2D eigenvalue weighted by atomic mass is 19.4. The fourth-order valence-electron chi connectivity index (χ4n) is 3.58. The Morgan fingerprint density at radius 2 is 2.00 bits per heavy atom. The number of ether oxygens (including phenoxy) is 1. The minimum Gasteiger partial charge on any atom is -0.466 e. The summed E-state index contributed by atoms with van der Waals surface area (Å²) in [6.45, 7) is 3.29. The lowest BCUT2D eigenvalue weighted by Crippen LogP contribution is -2.18. The Labute approximate surface area is 171 Å². The first-order valence-electron chi connectivity index (χ1n) is 9.42. The third kappa shape index (κ3) is 4.16. The molecular formula is C21H22F3N3O3. The van der Waals surface area contributed by atoms with E-state index in [-0.39, 0.29) is 36.2 Å². The van der Waals surface area contributed by atoms with E-state index in [0.717, 1.165) is 5.56 Å². The van der Waals surface area contributed by atoms with Crippen LogP contribution in [-0.2, 0) is 29.4 Å². The van der Waals surface area contributed by atoms with E-state index in [1.807, 2.05) is 0 Å². The quantitative estimate of drug-likeness (QED) is 0.612. The Bertz CT molecular complexity index is 1080. The van der Waals surface area contributed by atoms with Gasteiger partial charge in [0.1, 0.15) is 5.52 Å². The van der Waals surface area contributed by atoms with Crippen LogP contribution in [0.5, 0.6) is 0 Å². The van der Waals surface area contributed by atoms with Gasteiger partial charge in [-0.1, -0.05) is 29.5 Å². The molecule has 0 aliphatic heterocycles. The fraction of sp³-hybridized carbons (Fsp3) is 0.381. The van der Waals surface area contributed by atoms with E-state index < -0.39 is 23.6 Å². The van der Waals surface area contributed by atoms with Gasteiger partial charge < -0.3 is 9.84 Å². The number of alkyl halides is 3. The molecular weight excluding hydrogens is 399 g/mol. The van der Waals surface area contributed by atoms with Crippen molar-refractivity contribution in [3.05, 3.63) is 58.1 Å². The zero-order valence-corrected chi connectivity index (χ0v) is 16.8. The van der Waals surface area contributed by atoms with E-state index in [1.54, 1.807) is 32.0 Å². The minimum atomic E-state index is -4.71. The molecule has 0 bridgehead atoms. The van der Waals surface area contributed by atoms with Crippen molar-refractivity contribution in [1.82, 2.24) is 15.0 Å². The molecule has 0 amide bonds. The van der Waals surface area contributed by atoms with E-state index in [0.29, 0.717) is 11.1 Å². The van der Waals surface area contributed by atoms with Gasteiger partial charge in [0.15, 0.2) is 0 Å². The molecule has 6 nitrogen and oxygen atoms in total. The maximum absolute atomic E-state index is 14.1. The summed E-state index contributed by atoms with van der Waals surface area (Å²) < 4.78 is 48.7. The summed E-state index contributed by atoms with van der Waals surface area (Å²) in [6, 6.07) is 7.88. The Morgan fingerprint density at radius 1 is 1.27 bits per heavy atom. The van der Waals surface area contributed by atoms with Gasteiger partial charge in [-0.15, -0.1) is 5.10 Å². The second kappa shape index (κ2) is 8.43. The number of aliphatic hydroxyl groups excluding tert-OH is 1. The standard InChI is InChI=1S/C21H22F3N3O3/c1-4-30-18(29)10-16(13-6-5-12(2)14(9-13)11-28)15-7-8-17-20(25-26-27(17)3)19(15)21(22,23)24/h5-9,16,28H,4,10-11H2,1-3H3. The molecule has 0 saturated heterocycles. The summed E-state index contributed by atoms with van der Waals surface area (Å²) in [5.74, 6) is -1.54. The van der Waals surface area contributed by atoms with Crippen molar-refractivity contribution < 1.29 is 27.8 Å². The predicted molar refractivity (Wildman–Crippen MR) is 104 cm³/mol. The van der Waals surface area contributed by atoms with Crippen LogP contribution in [0.2, 0.25) is 0 Å². The smallest absolute Gasteiger partial charge is 0.418 e. The van der Waals surface area contributed by atoms with E-state index in [9.17, 15) is 23.1 Å². The molecule has 1 atom stereocenters. The molecule has 1 N–H and O–H groups in total. The average molecular weight is 421 g/mol. The Kier molecular flexibility index (Phi) is 6.12. The van der Waals surface area contributed by atoms with Gasteiger partial charge >= 0.3 is 12.1 Å². The maximum atomic E-state index is 14.1. The van der Waals surface area contributed by atoms with E-state index in [1.165, 1.54) is 23.9 Å². The second-order valence-electron chi connectivity index (χ2n) is 7.01. The normalized spacial score (nSPS) is 12.9. The van der Waals surface area contributed by atoms with Gasteiger partial charge in [-0.05, 0) is 42.2 Å². The van der Waals surface area contributed by atoms with Gasteiger partial charge in [-0.25, -0.2) is 4.68 Å². The molecule has 0 radical (unpaired) electrons. The third-order valence-electron chi connectivity index (χ3n) is 5.10. The van der Waals surface area contributed by atoms with Crippen LogP contribution in [0, 0.1) is 6.92 Å². The number of halogens is 3. The summed E-state index contributed by atoms with van der Waals surface area (Å²) in [7, 11) is 1.51. The van der Waals surface area contributed by atoms with Gasteiger partial charge in [0.05, 0.1) is 30.7 Å². The fourth-order valence-corrected chi connectivity index (χ4v) is 3.58. The minimum absolute atomic E-state index is 0.0868. The summed E-state index contributed by atoms with van der Waals surface area (Å²) in [6.07, 6.45) is -4.99. The number of nitrogens with zero attached hydrogens (tertiary/aromatic N) is 3. The SMILES string of the molecule is CCOC(=O)CC(c1ccc(C)c(CO)c1)c1ccc2c(nnn2C)c1C(F)(F)F. The van der Waals surface area contributed by atoms with Crippen molar-refractivity contribution >= 4 is 17.0 Å². The number of rotatable bonds is 6. The first-order valence-corrected chi connectivity index (χ1v) is 9.42. The van der Waals surface area contributed by atoms with Crippen LogP contribution in [0.4, 0.5) is 13.2 Å². The molecule has 1 aromatic heterocycles. The van der Waals surface area contributed by atoms with Crippen molar-refractivity contribution in [2.45, 2.75) is 39.0 Å². The Hall–Kier alpha value is -2.94. The zero-order valence-electron chi connectivity index (χ0n) is 16.8. The van der Waals surface area contributed by atoms with Crippen LogP contribution < -0.4 is 0 Å². The van der Waals surface area contributed by atoms with Gasteiger partial charge in [0.2, 0.25) is 0 Å². The topological polar surface area (TPSA) is 77.2 Å². The van der Waals surface area contributed by atoms with Crippen molar-refractivity contribution in [2.24, 2.45) is 7.05 Å². The van der Waals surface area contributed by atoms with Crippen LogP contribution in [0.25, 0.3) is 11.0 Å². The number of hydrogen-bond donors (Lipinski definition) is 1. The lowest BCUT2D eigenvalue weighted by atomic mass is 9.84. The molecule has 160 valence electrons. The molecule has 0 aliphatic rings. The predicted octanol–water partition coefficient (Wildman–Crippen LogP) is 3.87. The molecule has 0 aliphatic carbocycles. The number of benzene rings is 2. The molecule has 2 aromatic carbocycles. The highest BCUT2D eigenvalue weighted by Gasteiger charge is 2.39. The number of hydrogen-bond acceptors (Lipinski definition) is 5. The molecule has 9 heteroatoms. The van der Waals surface area contributed by atoms with Crippen LogP contribution in [-0.4, -0.2) is 32.7 Å². The van der Waals surface area contributed by atoms with Crippen molar-refractivity contribution in [1.29, 1.82) is 0 Å². The van der Waals surface area contributed by atoms with E-state index in [2.05, 4.69) is 10.3 Å². The maximum Gasteiger partial charge on any atom is 0.418 e. The van der Waals surface area contributed by atoms with E-state index >= 15 is 0 Å². The van der Waals surface area contributed by atoms with Crippen LogP contribution in [0.1, 0.15) is 47.1 Å². The molecule has 0 fully saturated rings. The number of aromatic nitrogens is 3. The Morgan fingerprint density at radius 3 is 2.63 bits per heavy atom. The van der Waals surface area contributed by atoms with Crippen LogP contribution in [0.15, 0.2) is 30.3 Å². The number of aryl methyl sites for hydroxylation is 2. The largest absolute Gasteiger partial charge is 0.466 e. The lowest BCUT2D eigenvalue weighted by molar-refractivity contribution is -0.144. The number of aliphatic hydroxyl groups is 1. The zero-order chi connectivity index (χ0) is 22.1. The van der Waals surface area contributed by atoms with Gasteiger partial charge in [0, 0.05) is 13.0 Å². The third-order valence-corrected chi connectivity index (χ3v) is 5.10. The van der Waals surface area contributed by atoms with Crippen LogP contribution >= 0.6 is 0 Å². The molecule has 0 spiro atoms. The number of esters is 1. The molecule has 0 saturated carbocycles. The monoisotopic (exact) mass is 421 g/mol. The highest BCUT2D eigenvalue weighted by Crippen LogP contribution is 2.42. The van der Waals surface area contributed by atoms with Gasteiger partial charge in [0.25, 0.3) is 0 Å².